The van der Waals surface area contributed by atoms with Crippen LogP contribution in [0.5, 0.6) is 11.5 Å². The number of methoxy groups -OCH3 is 2. The van der Waals surface area contributed by atoms with E-state index in [0.29, 0.717) is 33.7 Å². The van der Waals surface area contributed by atoms with Gasteiger partial charge in [0.2, 0.25) is 11.7 Å². The molecule has 0 fully saturated rings. The van der Waals surface area contributed by atoms with Crippen LogP contribution in [0.2, 0.25) is 0 Å². The van der Waals surface area contributed by atoms with Crippen LogP contribution in [0.25, 0.3) is 11.0 Å². The summed E-state index contributed by atoms with van der Waals surface area (Å²) in [5.41, 5.74) is 1.74. The van der Waals surface area contributed by atoms with E-state index in [-0.39, 0.29) is 29.6 Å². The van der Waals surface area contributed by atoms with Crippen molar-refractivity contribution in [3.63, 3.8) is 0 Å². The van der Waals surface area contributed by atoms with E-state index in [1.54, 1.807) is 42.5 Å². The molecule has 8 heteroatoms. The lowest BCUT2D eigenvalue weighted by atomic mass is 10.1. The van der Waals surface area contributed by atoms with E-state index in [4.69, 9.17) is 13.9 Å². The van der Waals surface area contributed by atoms with Gasteiger partial charge in [0.05, 0.1) is 26.3 Å². The van der Waals surface area contributed by atoms with Crippen molar-refractivity contribution in [3.8, 4) is 11.5 Å². The van der Waals surface area contributed by atoms with E-state index in [0.717, 1.165) is 0 Å². The number of hydrogen-bond acceptors (Lipinski definition) is 5. The van der Waals surface area contributed by atoms with E-state index >= 15 is 0 Å². The summed E-state index contributed by atoms with van der Waals surface area (Å²) in [5, 5.41) is 6.11. The fourth-order valence-electron chi connectivity index (χ4n) is 3.38. The number of nitrogens with one attached hydrogen (secondary N) is 2. The van der Waals surface area contributed by atoms with Gasteiger partial charge >= 0.3 is 0 Å². The third kappa shape index (κ3) is 4.79. The van der Waals surface area contributed by atoms with Gasteiger partial charge in [0.25, 0.3) is 5.91 Å². The van der Waals surface area contributed by atoms with Gasteiger partial charge in [-0.25, -0.2) is 4.39 Å². The van der Waals surface area contributed by atoms with Gasteiger partial charge in [-0.15, -0.1) is 0 Å². The van der Waals surface area contributed by atoms with Crippen LogP contribution in [0.4, 0.5) is 15.8 Å². The highest BCUT2D eigenvalue weighted by molar-refractivity contribution is 6.15. The molecular weight excluding hydrogens is 427 g/mol. The van der Waals surface area contributed by atoms with Crippen molar-refractivity contribution in [1.29, 1.82) is 0 Å². The number of carbonyl (C=O) groups excluding carboxylic acids is 2. The Morgan fingerprint density at radius 2 is 1.70 bits per heavy atom. The van der Waals surface area contributed by atoms with E-state index in [9.17, 15) is 14.0 Å². The number of halogens is 1. The average Bonchev–Trinajstić information content (AvgIpc) is 3.19. The predicted octanol–water partition coefficient (Wildman–Crippen LogP) is 5.02. The van der Waals surface area contributed by atoms with Crippen LogP contribution in [0.15, 0.2) is 71.1 Å². The number of furan rings is 1. The maximum atomic E-state index is 13.1. The molecule has 0 aliphatic rings. The van der Waals surface area contributed by atoms with Gasteiger partial charge in [0, 0.05) is 11.5 Å². The molecule has 33 heavy (non-hydrogen) atoms. The van der Waals surface area contributed by atoms with Crippen molar-refractivity contribution >= 4 is 34.2 Å². The molecule has 0 saturated heterocycles. The number of carbonyl (C=O) groups is 2. The van der Waals surface area contributed by atoms with Crippen LogP contribution < -0.4 is 20.1 Å². The monoisotopic (exact) mass is 448 g/mol. The number of fused-ring (bicyclic) bond motifs is 1. The van der Waals surface area contributed by atoms with Crippen LogP contribution in [0.1, 0.15) is 16.1 Å². The fourth-order valence-corrected chi connectivity index (χ4v) is 3.38. The van der Waals surface area contributed by atoms with Crippen LogP contribution in [0, 0.1) is 5.82 Å². The number of ether oxygens (including phenoxy) is 2. The summed E-state index contributed by atoms with van der Waals surface area (Å²) < 4.78 is 29.4. The highest BCUT2D eigenvalue weighted by Gasteiger charge is 2.23. The summed E-state index contributed by atoms with van der Waals surface area (Å²) in [6.45, 7) is 0. The molecule has 0 radical (unpaired) electrons. The van der Waals surface area contributed by atoms with Crippen molar-refractivity contribution < 1.29 is 27.9 Å². The van der Waals surface area contributed by atoms with Gasteiger partial charge in [0.1, 0.15) is 28.6 Å². The number of rotatable bonds is 7. The van der Waals surface area contributed by atoms with Crippen LogP contribution in [0.3, 0.4) is 0 Å². The first-order valence-corrected chi connectivity index (χ1v) is 10.1. The Hall–Kier alpha value is -4.33. The minimum Gasteiger partial charge on any atom is -0.497 e. The van der Waals surface area contributed by atoms with Crippen molar-refractivity contribution in [1.82, 2.24) is 0 Å². The van der Waals surface area contributed by atoms with Crippen LogP contribution in [-0.2, 0) is 11.2 Å². The molecule has 0 atom stereocenters. The van der Waals surface area contributed by atoms with E-state index in [1.807, 2.05) is 0 Å². The molecule has 3 aromatic carbocycles. The number of benzene rings is 3. The molecule has 2 amide bonds. The lowest BCUT2D eigenvalue weighted by molar-refractivity contribution is -0.115. The molecule has 4 rings (SSSR count). The van der Waals surface area contributed by atoms with Gasteiger partial charge in [-0.2, -0.15) is 0 Å². The average molecular weight is 448 g/mol. The number of hydrogen-bond donors (Lipinski definition) is 2. The second-order valence-corrected chi connectivity index (χ2v) is 7.17. The smallest absolute Gasteiger partial charge is 0.293 e. The third-order valence-corrected chi connectivity index (χ3v) is 5.00. The quantitative estimate of drug-likeness (QED) is 0.414. The standard InChI is InChI=1S/C25H21FN2O5/c1-31-17-11-12-19(21(14-17)32-2)27-25(30)24-23(18-5-3-4-6-20(18)33-24)28-22(29)13-15-7-9-16(26)10-8-15/h3-12,14H,13H2,1-2H3,(H,27,30)(H,28,29). The van der Waals surface area contributed by atoms with E-state index in [2.05, 4.69) is 10.6 Å². The second-order valence-electron chi connectivity index (χ2n) is 7.17. The minimum absolute atomic E-state index is 0.00709. The van der Waals surface area contributed by atoms with Gasteiger partial charge in [-0.05, 0) is 42.0 Å². The zero-order valence-electron chi connectivity index (χ0n) is 18.0. The lowest BCUT2D eigenvalue weighted by Gasteiger charge is -2.12. The molecule has 7 nitrogen and oxygen atoms in total. The summed E-state index contributed by atoms with van der Waals surface area (Å²) in [7, 11) is 3.01. The molecule has 0 bridgehead atoms. The maximum absolute atomic E-state index is 13.1. The molecular formula is C25H21FN2O5. The Bertz CT molecular complexity index is 1310. The van der Waals surface area contributed by atoms with Gasteiger partial charge in [-0.1, -0.05) is 24.3 Å². The molecule has 0 saturated carbocycles. The van der Waals surface area contributed by atoms with Gasteiger partial charge < -0.3 is 24.5 Å². The Morgan fingerprint density at radius 1 is 0.939 bits per heavy atom. The summed E-state index contributed by atoms with van der Waals surface area (Å²) in [6, 6.07) is 17.6. The number of amides is 2. The number of para-hydroxylation sites is 1. The van der Waals surface area contributed by atoms with Crippen LogP contribution in [-0.4, -0.2) is 26.0 Å². The first-order chi connectivity index (χ1) is 16.0. The van der Waals surface area contributed by atoms with Gasteiger partial charge in [-0.3, -0.25) is 9.59 Å². The first-order valence-electron chi connectivity index (χ1n) is 10.1. The predicted molar refractivity (Wildman–Crippen MR) is 122 cm³/mol. The van der Waals surface area contributed by atoms with Crippen molar-refractivity contribution in [2.24, 2.45) is 0 Å². The summed E-state index contributed by atoms with van der Waals surface area (Å²) in [6.07, 6.45) is 0.00709. The normalized spacial score (nSPS) is 10.6. The summed E-state index contributed by atoms with van der Waals surface area (Å²) in [5.74, 6) is -0.395. The Labute approximate surface area is 189 Å². The SMILES string of the molecule is COc1ccc(NC(=O)c2oc3ccccc3c2NC(=O)Cc2ccc(F)cc2)c(OC)c1. The highest BCUT2D eigenvalue weighted by Crippen LogP contribution is 2.34. The second kappa shape index (κ2) is 9.44. The molecule has 0 aliphatic heterocycles. The number of anilines is 2. The molecule has 4 aromatic rings. The summed E-state index contributed by atoms with van der Waals surface area (Å²) in [4.78, 5) is 25.8. The lowest BCUT2D eigenvalue weighted by Crippen LogP contribution is -2.18. The molecule has 1 aromatic heterocycles. The molecule has 168 valence electrons. The largest absolute Gasteiger partial charge is 0.497 e. The Morgan fingerprint density at radius 3 is 2.42 bits per heavy atom. The third-order valence-electron chi connectivity index (χ3n) is 5.00. The topological polar surface area (TPSA) is 89.8 Å². The van der Waals surface area contributed by atoms with Crippen LogP contribution >= 0.6 is 0 Å². The van der Waals surface area contributed by atoms with Gasteiger partial charge in [0.15, 0.2) is 0 Å². The zero-order chi connectivity index (χ0) is 23.4. The van der Waals surface area contributed by atoms with E-state index in [1.165, 1.54) is 38.5 Å². The zero-order valence-corrected chi connectivity index (χ0v) is 18.0. The Kier molecular flexibility index (Phi) is 6.26. The molecule has 0 aliphatic carbocycles. The molecule has 1 heterocycles. The fraction of sp³-hybridized carbons (Fsp3) is 0.120. The summed E-state index contributed by atoms with van der Waals surface area (Å²) >= 11 is 0. The highest BCUT2D eigenvalue weighted by atomic mass is 19.1. The molecule has 0 unspecified atom stereocenters. The van der Waals surface area contributed by atoms with Crippen molar-refractivity contribution in [2.75, 3.05) is 24.9 Å². The van der Waals surface area contributed by atoms with Crippen molar-refractivity contribution in [2.45, 2.75) is 6.42 Å². The van der Waals surface area contributed by atoms with E-state index < -0.39 is 5.91 Å². The Balaban J connectivity index is 1.62. The molecule has 0 spiro atoms. The minimum atomic E-state index is -0.563. The van der Waals surface area contributed by atoms with Crippen molar-refractivity contribution in [3.05, 3.63) is 83.9 Å². The first kappa shape index (κ1) is 21.9. The molecule has 2 N–H and O–H groups in total. The maximum Gasteiger partial charge on any atom is 0.293 e.